The van der Waals surface area contributed by atoms with Crippen LogP contribution in [0.2, 0.25) is 5.02 Å². The maximum Gasteiger partial charge on any atom is 0.214 e. The number of tetrazole rings is 1. The first-order chi connectivity index (χ1) is 13.3. The zero-order valence-corrected chi connectivity index (χ0v) is 16.2. The molecular formula is C19H25ClN6O+2. The molecule has 0 spiro atoms. The summed E-state index contributed by atoms with van der Waals surface area (Å²) < 4.78 is 7.32. The summed E-state index contributed by atoms with van der Waals surface area (Å²) in [5.74, 6) is 1.66. The molecule has 7 nitrogen and oxygen atoms in total. The third kappa shape index (κ3) is 3.90. The van der Waals surface area contributed by atoms with Crippen LogP contribution >= 0.6 is 11.6 Å². The minimum atomic E-state index is 0.00192. The van der Waals surface area contributed by atoms with E-state index in [1.54, 1.807) is 11.2 Å². The molecule has 4 rings (SSSR count). The second kappa shape index (κ2) is 8.21. The Bertz CT molecular complexity index is 857. The van der Waals surface area contributed by atoms with E-state index in [1.807, 2.05) is 35.0 Å². The molecule has 0 saturated carbocycles. The second-order valence-electron chi connectivity index (χ2n) is 6.99. The largest absolute Gasteiger partial charge is 0.467 e. The van der Waals surface area contributed by atoms with Crippen LogP contribution in [0.1, 0.15) is 30.1 Å². The van der Waals surface area contributed by atoms with Crippen LogP contribution in [-0.4, -0.2) is 52.9 Å². The highest BCUT2D eigenvalue weighted by Crippen LogP contribution is 2.25. The minimum absolute atomic E-state index is 0.00192. The number of hydrogen-bond donors (Lipinski definition) is 2. The molecule has 3 heterocycles. The molecule has 1 saturated heterocycles. The van der Waals surface area contributed by atoms with E-state index in [0.29, 0.717) is 6.54 Å². The highest BCUT2D eigenvalue weighted by molar-refractivity contribution is 6.31. The maximum atomic E-state index is 6.59. The first-order valence-electron chi connectivity index (χ1n) is 9.47. The maximum absolute atomic E-state index is 6.59. The van der Waals surface area contributed by atoms with Crippen LogP contribution in [-0.2, 0) is 6.54 Å². The molecule has 3 aromatic rings. The smallest absolute Gasteiger partial charge is 0.214 e. The van der Waals surface area contributed by atoms with Crippen molar-refractivity contribution in [2.45, 2.75) is 19.5 Å². The van der Waals surface area contributed by atoms with Gasteiger partial charge in [0, 0.05) is 5.56 Å². The molecule has 0 amide bonds. The van der Waals surface area contributed by atoms with Crippen molar-refractivity contribution >= 4 is 11.6 Å². The van der Waals surface area contributed by atoms with Crippen molar-refractivity contribution in [2.75, 3.05) is 32.7 Å². The predicted octanol–water partition coefficient (Wildman–Crippen LogP) is -0.139. The fraction of sp³-hybridized carbons (Fsp3) is 0.421. The summed E-state index contributed by atoms with van der Waals surface area (Å²) in [7, 11) is 0. The highest BCUT2D eigenvalue weighted by Gasteiger charge is 2.36. The first kappa shape index (κ1) is 18.2. The third-order valence-corrected chi connectivity index (χ3v) is 5.77. The van der Waals surface area contributed by atoms with Gasteiger partial charge in [-0.1, -0.05) is 29.8 Å². The predicted molar refractivity (Wildman–Crippen MR) is 101 cm³/mol. The van der Waals surface area contributed by atoms with E-state index in [0.717, 1.165) is 48.3 Å². The number of piperazine rings is 1. The molecule has 0 bridgehead atoms. The summed E-state index contributed by atoms with van der Waals surface area (Å²) in [5, 5.41) is 13.4. The van der Waals surface area contributed by atoms with Crippen LogP contribution in [0.3, 0.4) is 0 Å². The van der Waals surface area contributed by atoms with Crippen LogP contribution in [0.5, 0.6) is 0 Å². The van der Waals surface area contributed by atoms with Crippen molar-refractivity contribution < 1.29 is 14.2 Å². The van der Waals surface area contributed by atoms with Crippen molar-refractivity contribution in [3.05, 3.63) is 64.8 Å². The topological polar surface area (TPSA) is 65.6 Å². The van der Waals surface area contributed by atoms with Gasteiger partial charge in [0.25, 0.3) is 0 Å². The fourth-order valence-corrected chi connectivity index (χ4v) is 4.14. The minimum Gasteiger partial charge on any atom is -0.467 e. The van der Waals surface area contributed by atoms with Crippen LogP contribution in [0.4, 0.5) is 0 Å². The lowest BCUT2D eigenvalue weighted by molar-refractivity contribution is -1.02. The van der Waals surface area contributed by atoms with Gasteiger partial charge in [-0.25, -0.2) is 4.68 Å². The number of hydrogen-bond acceptors (Lipinski definition) is 4. The fourth-order valence-electron chi connectivity index (χ4n) is 3.90. The Labute approximate surface area is 163 Å². The van der Waals surface area contributed by atoms with Crippen molar-refractivity contribution in [3.8, 4) is 0 Å². The lowest BCUT2D eigenvalue weighted by Gasteiger charge is -2.34. The van der Waals surface area contributed by atoms with Gasteiger partial charge in [0.15, 0.2) is 6.04 Å². The summed E-state index contributed by atoms with van der Waals surface area (Å²) >= 11 is 6.59. The SMILES string of the molecule is CC[NH+]1CC[NH+]([C@@H](c2ccccc2Cl)c2nnnn2Cc2ccco2)CC1. The van der Waals surface area contributed by atoms with Crippen molar-refractivity contribution in [2.24, 2.45) is 0 Å². The molecule has 1 fully saturated rings. The summed E-state index contributed by atoms with van der Waals surface area (Å²) in [4.78, 5) is 3.10. The molecule has 1 aliphatic heterocycles. The lowest BCUT2D eigenvalue weighted by Crippen LogP contribution is -3.28. The van der Waals surface area contributed by atoms with E-state index < -0.39 is 0 Å². The van der Waals surface area contributed by atoms with Gasteiger partial charge < -0.3 is 14.2 Å². The number of benzene rings is 1. The summed E-state index contributed by atoms with van der Waals surface area (Å²) in [6, 6.07) is 11.8. The Morgan fingerprint density at radius 3 is 2.67 bits per heavy atom. The number of rotatable bonds is 6. The summed E-state index contributed by atoms with van der Waals surface area (Å²) in [6.07, 6.45) is 1.67. The number of quaternary nitrogens is 2. The zero-order valence-electron chi connectivity index (χ0n) is 15.4. The van der Waals surface area contributed by atoms with Gasteiger partial charge in [0.05, 0.1) is 17.8 Å². The molecule has 0 unspecified atom stereocenters. The molecule has 0 radical (unpaired) electrons. The van der Waals surface area contributed by atoms with E-state index in [9.17, 15) is 0 Å². The highest BCUT2D eigenvalue weighted by atomic mass is 35.5. The number of nitrogens with zero attached hydrogens (tertiary/aromatic N) is 4. The van der Waals surface area contributed by atoms with Crippen molar-refractivity contribution in [1.82, 2.24) is 20.2 Å². The first-order valence-corrected chi connectivity index (χ1v) is 9.85. The number of nitrogens with one attached hydrogen (secondary N) is 2. The Hall–Kier alpha value is -2.22. The third-order valence-electron chi connectivity index (χ3n) is 5.43. The quantitative estimate of drug-likeness (QED) is 0.617. The molecule has 1 aliphatic rings. The number of likely N-dealkylation sites (N-methyl/N-ethyl adjacent to an activating group) is 1. The standard InChI is InChI=1S/C19H23ClN6O/c1-2-24-9-11-25(12-10-24)18(16-7-3-4-8-17(16)20)19-21-22-23-26(19)14-15-6-5-13-27-15/h3-8,13,18H,2,9-12,14H2,1H3/p+2/t18-/m0/s1. The van der Waals surface area contributed by atoms with Gasteiger partial charge in [-0.2, -0.15) is 0 Å². The van der Waals surface area contributed by atoms with Gasteiger partial charge in [0.2, 0.25) is 5.82 Å². The van der Waals surface area contributed by atoms with Gasteiger partial charge in [-0.3, -0.25) is 0 Å². The van der Waals surface area contributed by atoms with Gasteiger partial charge in [0.1, 0.15) is 38.5 Å². The van der Waals surface area contributed by atoms with Gasteiger partial charge in [-0.15, -0.1) is 5.10 Å². The Morgan fingerprint density at radius 2 is 1.96 bits per heavy atom. The van der Waals surface area contributed by atoms with Gasteiger partial charge >= 0.3 is 0 Å². The van der Waals surface area contributed by atoms with E-state index in [1.165, 1.54) is 11.4 Å². The molecule has 1 aromatic carbocycles. The normalized spacial score (nSPS) is 21.3. The molecule has 1 atom stereocenters. The summed E-state index contributed by atoms with van der Waals surface area (Å²) in [6.45, 7) is 8.34. The van der Waals surface area contributed by atoms with Gasteiger partial charge in [-0.05, 0) is 35.5 Å². The molecule has 142 valence electrons. The molecule has 2 aromatic heterocycles. The Kier molecular flexibility index (Phi) is 5.52. The molecule has 27 heavy (non-hydrogen) atoms. The Balaban J connectivity index is 1.69. The summed E-state index contributed by atoms with van der Waals surface area (Å²) in [5.41, 5.74) is 1.07. The molecule has 8 heteroatoms. The van der Waals surface area contributed by atoms with Crippen molar-refractivity contribution in [1.29, 1.82) is 0 Å². The number of halogens is 1. The van der Waals surface area contributed by atoms with E-state index >= 15 is 0 Å². The van der Waals surface area contributed by atoms with E-state index in [-0.39, 0.29) is 6.04 Å². The second-order valence-corrected chi connectivity index (χ2v) is 7.40. The monoisotopic (exact) mass is 388 g/mol. The van der Waals surface area contributed by atoms with Crippen LogP contribution in [0.25, 0.3) is 0 Å². The Morgan fingerprint density at radius 1 is 1.15 bits per heavy atom. The molecular weight excluding hydrogens is 364 g/mol. The van der Waals surface area contributed by atoms with E-state index in [4.69, 9.17) is 16.0 Å². The number of aromatic nitrogens is 4. The number of furan rings is 1. The van der Waals surface area contributed by atoms with E-state index in [2.05, 4.69) is 28.5 Å². The van der Waals surface area contributed by atoms with Crippen molar-refractivity contribution in [3.63, 3.8) is 0 Å². The average Bonchev–Trinajstić information content (AvgIpc) is 3.37. The molecule has 2 N–H and O–H groups in total. The van der Waals surface area contributed by atoms with Crippen LogP contribution in [0, 0.1) is 0 Å². The molecule has 0 aliphatic carbocycles. The van der Waals surface area contributed by atoms with Crippen LogP contribution in [0.15, 0.2) is 47.1 Å². The van der Waals surface area contributed by atoms with Crippen LogP contribution < -0.4 is 9.80 Å². The zero-order chi connectivity index (χ0) is 18.6. The lowest BCUT2D eigenvalue weighted by atomic mass is 10.0. The average molecular weight is 389 g/mol.